The van der Waals surface area contributed by atoms with Gasteiger partial charge < -0.3 is 9.90 Å². The molecule has 2 N–H and O–H groups in total. The Bertz CT molecular complexity index is 697. The molecule has 2 rings (SSSR count). The Hall–Kier alpha value is -1.19. The molecule has 0 spiro atoms. The van der Waals surface area contributed by atoms with Crippen molar-refractivity contribution in [2.24, 2.45) is 5.14 Å². The molecule has 0 bridgehead atoms. The van der Waals surface area contributed by atoms with Crippen LogP contribution in [0.1, 0.15) is 10.5 Å². The molecule has 0 saturated carbocycles. The summed E-state index contributed by atoms with van der Waals surface area (Å²) in [5, 5.41) is 16.0. The molecule has 0 fully saturated rings. The van der Waals surface area contributed by atoms with Crippen LogP contribution in [0.3, 0.4) is 0 Å². The third kappa shape index (κ3) is 3.23. The molecule has 0 unspecified atom stereocenters. The normalized spacial score (nSPS) is 10.8. The first-order chi connectivity index (χ1) is 8.41. The van der Waals surface area contributed by atoms with Crippen LogP contribution in [0.5, 0.6) is 0 Å². The van der Waals surface area contributed by atoms with E-state index in [0.717, 1.165) is 6.20 Å². The summed E-state index contributed by atoms with van der Waals surface area (Å²) in [7, 11) is -4.19. The fraction of sp³-hybridized carbons (Fsp3) is 0. The monoisotopic (exact) mass is 289 g/mol. The Morgan fingerprint density at radius 1 is 1.37 bits per heavy atom. The van der Waals surface area contributed by atoms with Crippen LogP contribution in [0, 0.1) is 0 Å². The first-order valence-electron chi connectivity index (χ1n) is 4.77. The molecule has 2 aromatic rings. The molecule has 2 aromatic heterocycles. The maximum atomic E-state index is 11.2. The van der Waals surface area contributed by atoms with Crippen molar-refractivity contribution in [1.82, 2.24) is 8.96 Å². The van der Waals surface area contributed by atoms with Gasteiger partial charge in [-0.15, -0.1) is 0 Å². The molecule has 0 atom stereocenters. The number of pyridine rings is 1. The molecule has 0 saturated heterocycles. The molecule has 9 heteroatoms. The zero-order chi connectivity index (χ0) is 13.3. The van der Waals surface area contributed by atoms with Crippen molar-refractivity contribution >= 4 is 16.2 Å². The number of hydrogen-bond donors (Lipinski definition) is 1. The summed E-state index contributed by atoms with van der Waals surface area (Å²) in [4.78, 5) is 14.9. The number of aromatic nitrogens is 2. The van der Waals surface area contributed by atoms with Crippen LogP contribution >= 0.6 is 0 Å². The van der Waals surface area contributed by atoms with E-state index >= 15 is 0 Å². The Balaban J connectivity index is 0.00000180. The van der Waals surface area contributed by atoms with Crippen LogP contribution in [0.15, 0.2) is 36.8 Å². The molecule has 19 heavy (non-hydrogen) atoms. The Kier molecular flexibility index (Phi) is 4.88. The van der Waals surface area contributed by atoms with E-state index in [4.69, 9.17) is 5.14 Å². The van der Waals surface area contributed by atoms with E-state index in [1.54, 1.807) is 12.1 Å². The summed E-state index contributed by atoms with van der Waals surface area (Å²) in [6.07, 6.45) is 3.98. The van der Waals surface area contributed by atoms with E-state index < -0.39 is 21.9 Å². The number of nitrogens with two attached hydrogens (primary N) is 1. The fourth-order valence-corrected chi connectivity index (χ4v) is 2.24. The molecule has 0 amide bonds. The minimum Gasteiger partial charge on any atom is -0.543 e. The van der Waals surface area contributed by atoms with Crippen LogP contribution in [0.4, 0.5) is 0 Å². The standard InChI is InChI=1S/C10H9N3O4S.Na/c11-18(16,17)13-5-3-8(9(13)10(14)15)7-2-1-4-12-6-7;/h1-6H,(H,14,15)(H2,11,16,17);/q;+1/p-1. The van der Waals surface area contributed by atoms with E-state index in [9.17, 15) is 18.3 Å². The van der Waals surface area contributed by atoms with Gasteiger partial charge in [-0.3, -0.25) is 4.98 Å². The van der Waals surface area contributed by atoms with Crippen molar-refractivity contribution in [2.75, 3.05) is 0 Å². The van der Waals surface area contributed by atoms with Gasteiger partial charge in [0.1, 0.15) is 0 Å². The van der Waals surface area contributed by atoms with Gasteiger partial charge in [0.15, 0.2) is 0 Å². The Morgan fingerprint density at radius 2 is 2.05 bits per heavy atom. The maximum absolute atomic E-state index is 11.2. The van der Waals surface area contributed by atoms with E-state index in [0.29, 0.717) is 9.54 Å². The minimum absolute atomic E-state index is 0. The van der Waals surface area contributed by atoms with Crippen LogP contribution in [-0.4, -0.2) is 23.3 Å². The van der Waals surface area contributed by atoms with Crippen molar-refractivity contribution in [2.45, 2.75) is 0 Å². The van der Waals surface area contributed by atoms with Gasteiger partial charge in [-0.1, -0.05) is 6.07 Å². The molecule has 7 nitrogen and oxygen atoms in total. The summed E-state index contributed by atoms with van der Waals surface area (Å²) >= 11 is 0. The molecule has 0 radical (unpaired) electrons. The molecular formula is C10H8N3NaO4S. The number of nitrogens with zero attached hydrogens (tertiary/aromatic N) is 2. The summed E-state index contributed by atoms with van der Waals surface area (Å²) in [5.41, 5.74) is 0.113. The van der Waals surface area contributed by atoms with E-state index in [2.05, 4.69) is 4.98 Å². The van der Waals surface area contributed by atoms with Crippen molar-refractivity contribution < 1.29 is 47.9 Å². The molecule has 0 aliphatic carbocycles. The molecule has 94 valence electrons. The number of aromatic carboxylic acids is 1. The predicted molar refractivity (Wildman–Crippen MR) is 60.5 cm³/mol. The molecule has 2 heterocycles. The van der Waals surface area contributed by atoms with Crippen molar-refractivity contribution in [3.63, 3.8) is 0 Å². The predicted octanol–water partition coefficient (Wildman–Crippen LogP) is -4.03. The zero-order valence-corrected chi connectivity index (χ0v) is 12.8. The van der Waals surface area contributed by atoms with Gasteiger partial charge in [0.25, 0.3) is 0 Å². The first-order valence-corrected chi connectivity index (χ1v) is 6.28. The minimum atomic E-state index is -4.19. The molecule has 0 aromatic carbocycles. The number of carboxylic acid groups (broad SMARTS) is 1. The van der Waals surface area contributed by atoms with E-state index in [1.807, 2.05) is 0 Å². The van der Waals surface area contributed by atoms with Crippen LogP contribution in [0.2, 0.25) is 0 Å². The van der Waals surface area contributed by atoms with Crippen molar-refractivity contribution in [1.29, 1.82) is 0 Å². The Labute approximate surface area is 131 Å². The summed E-state index contributed by atoms with van der Waals surface area (Å²) < 4.78 is 22.9. The number of carboxylic acids is 1. The molecule has 0 aliphatic heterocycles. The van der Waals surface area contributed by atoms with Crippen molar-refractivity contribution in [3.8, 4) is 11.1 Å². The van der Waals surface area contributed by atoms with Gasteiger partial charge in [-0.2, -0.15) is 8.42 Å². The van der Waals surface area contributed by atoms with Crippen molar-refractivity contribution in [3.05, 3.63) is 42.5 Å². The summed E-state index contributed by atoms with van der Waals surface area (Å²) in [6, 6.07) is 4.53. The zero-order valence-electron chi connectivity index (χ0n) is 9.98. The quantitative estimate of drug-likeness (QED) is 0.577. The third-order valence-electron chi connectivity index (χ3n) is 2.29. The van der Waals surface area contributed by atoms with Gasteiger partial charge in [-0.05, 0) is 12.1 Å². The van der Waals surface area contributed by atoms with E-state index in [1.165, 1.54) is 18.5 Å². The smallest absolute Gasteiger partial charge is 0.543 e. The largest absolute Gasteiger partial charge is 1.00 e. The second-order valence-corrected chi connectivity index (χ2v) is 4.87. The van der Waals surface area contributed by atoms with Gasteiger partial charge in [-0.25, -0.2) is 9.11 Å². The van der Waals surface area contributed by atoms with Gasteiger partial charge >= 0.3 is 39.8 Å². The fourth-order valence-electron chi connectivity index (χ4n) is 1.58. The van der Waals surface area contributed by atoms with Gasteiger partial charge in [0.05, 0.1) is 11.7 Å². The van der Waals surface area contributed by atoms with E-state index in [-0.39, 0.29) is 35.1 Å². The van der Waals surface area contributed by atoms with Crippen LogP contribution in [0.25, 0.3) is 11.1 Å². The summed E-state index contributed by atoms with van der Waals surface area (Å²) in [5.74, 6) is -1.63. The topological polar surface area (TPSA) is 118 Å². The third-order valence-corrected chi connectivity index (χ3v) is 3.14. The molecular weight excluding hydrogens is 281 g/mol. The van der Waals surface area contributed by atoms with Gasteiger partial charge in [0, 0.05) is 29.7 Å². The number of hydrogen-bond acceptors (Lipinski definition) is 5. The van der Waals surface area contributed by atoms with Crippen LogP contribution < -0.4 is 39.8 Å². The summed E-state index contributed by atoms with van der Waals surface area (Å²) in [6.45, 7) is 0. The number of carbonyl (C=O) groups is 1. The van der Waals surface area contributed by atoms with Gasteiger partial charge in [0.2, 0.25) is 0 Å². The second kappa shape index (κ2) is 5.85. The maximum Gasteiger partial charge on any atom is 1.00 e. The first kappa shape index (κ1) is 15.9. The SMILES string of the molecule is NS(=O)(=O)n1ccc(-c2cccnc2)c1C(=O)[O-].[Na+]. The average Bonchev–Trinajstić information content (AvgIpc) is 2.74. The Morgan fingerprint density at radius 3 is 2.53 bits per heavy atom. The number of rotatable bonds is 3. The number of carbonyl (C=O) groups excluding carboxylic acids is 1. The second-order valence-electron chi connectivity index (χ2n) is 3.45. The average molecular weight is 289 g/mol. The van der Waals surface area contributed by atoms with Crippen LogP contribution in [-0.2, 0) is 10.2 Å². The molecule has 0 aliphatic rings.